The first-order valence-corrected chi connectivity index (χ1v) is 11.8. The molecule has 0 radical (unpaired) electrons. The second kappa shape index (κ2) is 8.44. The molecule has 2 aromatic carbocycles. The van der Waals surface area contributed by atoms with Crippen molar-refractivity contribution in [1.82, 2.24) is 9.29 Å². The zero-order chi connectivity index (χ0) is 20.3. The molecule has 6 nitrogen and oxygen atoms in total. The van der Waals surface area contributed by atoms with Crippen molar-refractivity contribution in [2.24, 2.45) is 0 Å². The molecule has 0 unspecified atom stereocenters. The Bertz CT molecular complexity index is 1080. The molecule has 1 atom stereocenters. The van der Waals surface area contributed by atoms with Gasteiger partial charge in [0.1, 0.15) is 6.04 Å². The maximum absolute atomic E-state index is 13.1. The number of amides is 1. The standard InChI is InChI=1S/C21H21N3O3S2/c25-20(23-21-22-18(15-28-21)16-9-3-1-4-10-16)19-13-7-8-14-24(19)29(26,27)17-11-5-2-6-12-17/h1-6,9-12,15,19H,7-8,13-14H2,(H,22,23,25)/t19-/m1/s1. The fourth-order valence-electron chi connectivity index (χ4n) is 3.44. The zero-order valence-electron chi connectivity index (χ0n) is 15.7. The Morgan fingerprint density at radius 3 is 2.45 bits per heavy atom. The van der Waals surface area contributed by atoms with Crippen molar-refractivity contribution in [2.75, 3.05) is 11.9 Å². The fourth-order valence-corrected chi connectivity index (χ4v) is 5.84. The van der Waals surface area contributed by atoms with Gasteiger partial charge in [0.15, 0.2) is 5.13 Å². The van der Waals surface area contributed by atoms with Crippen LogP contribution in [-0.4, -0.2) is 36.2 Å². The van der Waals surface area contributed by atoms with E-state index < -0.39 is 16.1 Å². The number of anilines is 1. The third-order valence-corrected chi connectivity index (χ3v) is 7.59. The van der Waals surface area contributed by atoms with Gasteiger partial charge in [0.05, 0.1) is 10.6 Å². The molecule has 2 heterocycles. The highest BCUT2D eigenvalue weighted by molar-refractivity contribution is 7.89. The van der Waals surface area contributed by atoms with Crippen LogP contribution in [0.2, 0.25) is 0 Å². The predicted molar refractivity (Wildman–Crippen MR) is 114 cm³/mol. The number of rotatable bonds is 5. The monoisotopic (exact) mass is 427 g/mol. The molecule has 0 saturated carbocycles. The van der Waals surface area contributed by atoms with Crippen LogP contribution >= 0.6 is 11.3 Å². The SMILES string of the molecule is O=C(Nc1nc(-c2ccccc2)cs1)[C@H]1CCCCN1S(=O)(=O)c1ccccc1. The van der Waals surface area contributed by atoms with Gasteiger partial charge in [-0.05, 0) is 25.0 Å². The minimum Gasteiger partial charge on any atom is -0.301 e. The van der Waals surface area contributed by atoms with Crippen molar-refractivity contribution >= 4 is 32.4 Å². The van der Waals surface area contributed by atoms with Gasteiger partial charge in [-0.2, -0.15) is 4.31 Å². The van der Waals surface area contributed by atoms with Crippen molar-refractivity contribution in [3.8, 4) is 11.3 Å². The Labute approximate surface area is 174 Å². The molecule has 150 valence electrons. The lowest BCUT2D eigenvalue weighted by atomic mass is 10.0. The molecule has 1 aliphatic heterocycles. The Balaban J connectivity index is 1.53. The van der Waals surface area contributed by atoms with Gasteiger partial charge in [0.25, 0.3) is 0 Å². The van der Waals surface area contributed by atoms with Crippen LogP contribution in [-0.2, 0) is 14.8 Å². The highest BCUT2D eigenvalue weighted by Gasteiger charge is 2.37. The Morgan fingerprint density at radius 1 is 1.03 bits per heavy atom. The number of aromatic nitrogens is 1. The van der Waals surface area contributed by atoms with Crippen LogP contribution in [0, 0.1) is 0 Å². The molecule has 3 aromatic rings. The maximum Gasteiger partial charge on any atom is 0.244 e. The van der Waals surface area contributed by atoms with Gasteiger partial charge in [-0.15, -0.1) is 11.3 Å². The first-order chi connectivity index (χ1) is 14.1. The second-order valence-corrected chi connectivity index (χ2v) is 9.58. The summed E-state index contributed by atoms with van der Waals surface area (Å²) in [4.78, 5) is 17.6. The van der Waals surface area contributed by atoms with Gasteiger partial charge in [-0.3, -0.25) is 4.79 Å². The van der Waals surface area contributed by atoms with Crippen molar-refractivity contribution in [1.29, 1.82) is 0 Å². The number of piperidine rings is 1. The molecule has 1 fully saturated rings. The van der Waals surface area contributed by atoms with Crippen molar-refractivity contribution in [3.63, 3.8) is 0 Å². The van der Waals surface area contributed by atoms with Gasteiger partial charge < -0.3 is 5.32 Å². The predicted octanol–water partition coefficient (Wildman–Crippen LogP) is 3.99. The minimum absolute atomic E-state index is 0.209. The van der Waals surface area contributed by atoms with Crippen molar-refractivity contribution in [3.05, 3.63) is 66.0 Å². The van der Waals surface area contributed by atoms with Crippen molar-refractivity contribution < 1.29 is 13.2 Å². The molecule has 29 heavy (non-hydrogen) atoms. The summed E-state index contributed by atoms with van der Waals surface area (Å²) in [5.41, 5.74) is 1.75. The van der Waals surface area contributed by atoms with E-state index in [1.54, 1.807) is 30.3 Å². The van der Waals surface area contributed by atoms with Crippen LogP contribution < -0.4 is 5.32 Å². The molecule has 0 bridgehead atoms. The molecule has 1 N–H and O–H groups in total. The van der Waals surface area contributed by atoms with E-state index in [1.807, 2.05) is 35.7 Å². The Morgan fingerprint density at radius 2 is 1.72 bits per heavy atom. The van der Waals surface area contributed by atoms with E-state index in [9.17, 15) is 13.2 Å². The van der Waals surface area contributed by atoms with Gasteiger partial charge in [-0.25, -0.2) is 13.4 Å². The van der Waals surface area contributed by atoms with E-state index in [4.69, 9.17) is 0 Å². The van der Waals surface area contributed by atoms with E-state index >= 15 is 0 Å². The van der Waals surface area contributed by atoms with E-state index in [-0.39, 0.29) is 10.8 Å². The average Bonchev–Trinajstić information content (AvgIpc) is 3.23. The third-order valence-electron chi connectivity index (χ3n) is 4.91. The molecule has 4 rings (SSSR count). The highest BCUT2D eigenvalue weighted by atomic mass is 32.2. The normalized spacial score (nSPS) is 17.7. The Hall–Kier alpha value is -2.55. The Kier molecular flexibility index (Phi) is 5.75. The van der Waals surface area contributed by atoms with Crippen LogP contribution in [0.3, 0.4) is 0 Å². The van der Waals surface area contributed by atoms with Crippen LogP contribution in [0.1, 0.15) is 19.3 Å². The zero-order valence-corrected chi connectivity index (χ0v) is 17.3. The van der Waals surface area contributed by atoms with Gasteiger partial charge in [0, 0.05) is 17.5 Å². The summed E-state index contributed by atoms with van der Waals surface area (Å²) in [7, 11) is -3.73. The molecule has 0 aliphatic carbocycles. The molecule has 1 saturated heterocycles. The summed E-state index contributed by atoms with van der Waals surface area (Å²) in [5.74, 6) is -0.335. The highest BCUT2D eigenvalue weighted by Crippen LogP contribution is 2.28. The summed E-state index contributed by atoms with van der Waals surface area (Å²) in [6, 6.07) is 17.2. The van der Waals surface area contributed by atoms with Crippen LogP contribution in [0.5, 0.6) is 0 Å². The number of nitrogens with one attached hydrogen (secondary N) is 1. The maximum atomic E-state index is 13.1. The number of hydrogen-bond acceptors (Lipinski definition) is 5. The molecule has 1 aromatic heterocycles. The minimum atomic E-state index is -3.73. The molecule has 1 amide bonds. The third kappa shape index (κ3) is 4.24. The van der Waals surface area contributed by atoms with Crippen molar-refractivity contribution in [2.45, 2.75) is 30.2 Å². The number of hydrogen-bond donors (Lipinski definition) is 1. The van der Waals surface area contributed by atoms with E-state index in [2.05, 4.69) is 10.3 Å². The number of benzene rings is 2. The van der Waals surface area contributed by atoms with E-state index in [1.165, 1.54) is 15.6 Å². The first-order valence-electron chi connectivity index (χ1n) is 9.44. The quantitative estimate of drug-likeness (QED) is 0.668. The lowest BCUT2D eigenvalue weighted by Crippen LogP contribution is -2.49. The fraction of sp³-hybridized carbons (Fsp3) is 0.238. The van der Waals surface area contributed by atoms with Crippen LogP contribution in [0.25, 0.3) is 11.3 Å². The number of carbonyl (C=O) groups is 1. The van der Waals surface area contributed by atoms with Crippen LogP contribution in [0.15, 0.2) is 70.9 Å². The van der Waals surface area contributed by atoms with Gasteiger partial charge in [0.2, 0.25) is 15.9 Å². The molecular weight excluding hydrogens is 406 g/mol. The summed E-state index contributed by atoms with van der Waals surface area (Å²) in [6.07, 6.45) is 2.05. The number of thiazole rings is 1. The summed E-state index contributed by atoms with van der Waals surface area (Å²) in [5, 5.41) is 5.17. The smallest absolute Gasteiger partial charge is 0.244 e. The summed E-state index contributed by atoms with van der Waals surface area (Å²) in [6.45, 7) is 0.336. The summed E-state index contributed by atoms with van der Waals surface area (Å²) >= 11 is 1.33. The lowest BCUT2D eigenvalue weighted by molar-refractivity contribution is -0.120. The van der Waals surface area contributed by atoms with Gasteiger partial charge in [-0.1, -0.05) is 55.0 Å². The van der Waals surface area contributed by atoms with E-state index in [0.29, 0.717) is 18.1 Å². The van der Waals surface area contributed by atoms with E-state index in [0.717, 1.165) is 24.1 Å². The van der Waals surface area contributed by atoms with Crippen LogP contribution in [0.4, 0.5) is 5.13 Å². The summed E-state index contributed by atoms with van der Waals surface area (Å²) < 4.78 is 27.5. The lowest BCUT2D eigenvalue weighted by Gasteiger charge is -2.33. The average molecular weight is 428 g/mol. The molecular formula is C21H21N3O3S2. The first kappa shape index (κ1) is 19.8. The number of nitrogens with zero attached hydrogens (tertiary/aromatic N) is 2. The molecule has 8 heteroatoms. The topological polar surface area (TPSA) is 79.4 Å². The number of carbonyl (C=O) groups excluding carboxylic acids is 1. The largest absolute Gasteiger partial charge is 0.301 e. The van der Waals surface area contributed by atoms with Gasteiger partial charge >= 0.3 is 0 Å². The molecule has 1 aliphatic rings. The number of sulfonamides is 1. The second-order valence-electron chi connectivity index (χ2n) is 6.83. The molecule has 0 spiro atoms.